The maximum Gasteiger partial charge on any atom is 0.358 e. The van der Waals surface area contributed by atoms with Gasteiger partial charge in [-0.15, -0.1) is 11.8 Å². The van der Waals surface area contributed by atoms with Gasteiger partial charge in [-0.05, 0) is 0 Å². The van der Waals surface area contributed by atoms with Crippen molar-refractivity contribution < 1.29 is 14.4 Å². The molecule has 0 aliphatic carbocycles. The fourth-order valence-corrected chi connectivity index (χ4v) is 1.48. The molecule has 0 amide bonds. The molecule has 0 unspecified atom stereocenters. The van der Waals surface area contributed by atoms with E-state index >= 15 is 0 Å². The van der Waals surface area contributed by atoms with Crippen molar-refractivity contribution in [1.29, 1.82) is 0 Å². The van der Waals surface area contributed by atoms with E-state index in [4.69, 9.17) is 9.63 Å². The third kappa shape index (κ3) is 3.41. The monoisotopic (exact) mass is 215 g/mol. The van der Waals surface area contributed by atoms with Crippen LogP contribution in [0.1, 0.15) is 37.0 Å². The van der Waals surface area contributed by atoms with Crippen molar-refractivity contribution in [3.8, 4) is 0 Å². The van der Waals surface area contributed by atoms with Gasteiger partial charge in [-0.25, -0.2) is 4.79 Å². The van der Waals surface area contributed by atoms with Crippen LogP contribution in [-0.4, -0.2) is 21.0 Å². The van der Waals surface area contributed by atoms with Crippen molar-refractivity contribution in [3.63, 3.8) is 0 Å². The Labute approximate surface area is 86.7 Å². The van der Waals surface area contributed by atoms with Gasteiger partial charge in [0.1, 0.15) is 5.76 Å². The lowest BCUT2D eigenvalue weighted by atomic mass is 10.3. The zero-order chi connectivity index (χ0) is 10.8. The van der Waals surface area contributed by atoms with Crippen LogP contribution in [0.25, 0.3) is 0 Å². The molecule has 4 nitrogen and oxygen atoms in total. The van der Waals surface area contributed by atoms with Crippen molar-refractivity contribution in [1.82, 2.24) is 5.16 Å². The van der Waals surface area contributed by atoms with Crippen molar-refractivity contribution in [2.45, 2.75) is 31.3 Å². The van der Waals surface area contributed by atoms with E-state index in [1.165, 1.54) is 6.07 Å². The highest BCUT2D eigenvalue weighted by atomic mass is 32.2. The van der Waals surface area contributed by atoms with Gasteiger partial charge >= 0.3 is 5.97 Å². The van der Waals surface area contributed by atoms with Crippen LogP contribution in [0, 0.1) is 0 Å². The van der Waals surface area contributed by atoms with Crippen LogP contribution in [-0.2, 0) is 5.75 Å². The summed E-state index contributed by atoms with van der Waals surface area (Å²) in [6.45, 7) is 6.27. The number of carboxylic acid groups (broad SMARTS) is 1. The van der Waals surface area contributed by atoms with E-state index in [2.05, 4.69) is 25.9 Å². The van der Waals surface area contributed by atoms with Crippen molar-refractivity contribution in [2.24, 2.45) is 0 Å². The number of rotatable bonds is 3. The van der Waals surface area contributed by atoms with Crippen molar-refractivity contribution in [3.05, 3.63) is 17.5 Å². The summed E-state index contributed by atoms with van der Waals surface area (Å²) < 4.78 is 5.00. The van der Waals surface area contributed by atoms with Crippen LogP contribution in [0.5, 0.6) is 0 Å². The van der Waals surface area contributed by atoms with Crippen LogP contribution in [0.15, 0.2) is 10.6 Å². The van der Waals surface area contributed by atoms with Crippen molar-refractivity contribution in [2.75, 3.05) is 0 Å². The van der Waals surface area contributed by atoms with Gasteiger partial charge in [0.05, 0.1) is 5.75 Å². The molecule has 78 valence electrons. The topological polar surface area (TPSA) is 63.3 Å². The Morgan fingerprint density at radius 1 is 1.64 bits per heavy atom. The normalized spacial score (nSPS) is 11.6. The second-order valence-corrected chi connectivity index (χ2v) is 5.69. The Balaban J connectivity index is 2.56. The van der Waals surface area contributed by atoms with Crippen LogP contribution in [0.3, 0.4) is 0 Å². The highest BCUT2D eigenvalue weighted by molar-refractivity contribution is 7.99. The third-order valence-electron chi connectivity index (χ3n) is 1.43. The van der Waals surface area contributed by atoms with Gasteiger partial charge in [0.2, 0.25) is 0 Å². The Hall–Kier alpha value is -0.970. The number of hydrogen-bond donors (Lipinski definition) is 1. The number of aromatic carboxylic acids is 1. The first-order chi connectivity index (χ1) is 6.38. The lowest BCUT2D eigenvalue weighted by Crippen LogP contribution is -2.07. The Bertz CT molecular complexity index is 327. The fraction of sp³-hybridized carbons (Fsp3) is 0.556. The molecule has 1 rings (SSSR count). The summed E-state index contributed by atoms with van der Waals surface area (Å²) in [6, 6.07) is 1.46. The number of carbonyl (C=O) groups is 1. The molecule has 1 N–H and O–H groups in total. The summed E-state index contributed by atoms with van der Waals surface area (Å²) >= 11 is 1.69. The van der Waals surface area contributed by atoms with Crippen LogP contribution in [0.4, 0.5) is 0 Å². The molecular weight excluding hydrogens is 202 g/mol. The van der Waals surface area contributed by atoms with Crippen LogP contribution in [0.2, 0.25) is 0 Å². The first-order valence-corrected chi connectivity index (χ1v) is 5.20. The first kappa shape index (κ1) is 11.1. The average molecular weight is 215 g/mol. The summed E-state index contributed by atoms with van der Waals surface area (Å²) in [6.07, 6.45) is 0. The summed E-state index contributed by atoms with van der Waals surface area (Å²) in [5, 5.41) is 12.0. The molecule has 14 heavy (non-hydrogen) atoms. The molecule has 0 fully saturated rings. The lowest BCUT2D eigenvalue weighted by molar-refractivity contribution is 0.0685. The number of aromatic nitrogens is 1. The molecule has 0 aliphatic heterocycles. The Morgan fingerprint density at radius 3 is 2.71 bits per heavy atom. The lowest BCUT2D eigenvalue weighted by Gasteiger charge is -2.15. The fourth-order valence-electron chi connectivity index (χ4n) is 0.769. The summed E-state index contributed by atoms with van der Waals surface area (Å²) in [5.41, 5.74) is -0.0329. The minimum Gasteiger partial charge on any atom is -0.476 e. The number of carboxylic acids is 1. The highest BCUT2D eigenvalue weighted by Gasteiger charge is 2.15. The van der Waals surface area contributed by atoms with E-state index in [9.17, 15) is 4.79 Å². The van der Waals surface area contributed by atoms with Gasteiger partial charge in [-0.3, -0.25) is 0 Å². The largest absolute Gasteiger partial charge is 0.476 e. The Kier molecular flexibility index (Phi) is 3.21. The summed E-state index contributed by atoms with van der Waals surface area (Å²) in [7, 11) is 0. The zero-order valence-corrected chi connectivity index (χ0v) is 9.22. The smallest absolute Gasteiger partial charge is 0.358 e. The molecule has 0 aromatic carbocycles. The zero-order valence-electron chi connectivity index (χ0n) is 8.40. The average Bonchev–Trinajstić information content (AvgIpc) is 2.47. The molecule has 0 aliphatic rings. The number of thioether (sulfide) groups is 1. The molecule has 1 aromatic heterocycles. The van der Waals surface area contributed by atoms with Crippen molar-refractivity contribution >= 4 is 17.7 Å². The quantitative estimate of drug-likeness (QED) is 0.838. The van der Waals surface area contributed by atoms with Gasteiger partial charge in [0.15, 0.2) is 5.69 Å². The van der Waals surface area contributed by atoms with Gasteiger partial charge in [0.25, 0.3) is 0 Å². The van der Waals surface area contributed by atoms with E-state index < -0.39 is 5.97 Å². The number of nitrogens with zero attached hydrogens (tertiary/aromatic N) is 1. The standard InChI is InChI=1S/C9H13NO3S/c1-9(2,3)14-5-6-4-7(8(11)12)10-13-6/h4H,5H2,1-3H3,(H,11,12). The maximum absolute atomic E-state index is 10.5. The second-order valence-electron chi connectivity index (χ2n) is 3.88. The predicted octanol–water partition coefficient (Wildman–Crippen LogP) is 2.40. The SMILES string of the molecule is CC(C)(C)SCc1cc(C(=O)O)no1. The van der Waals surface area contributed by atoms with Gasteiger partial charge in [0, 0.05) is 10.8 Å². The highest BCUT2D eigenvalue weighted by Crippen LogP contribution is 2.27. The minimum atomic E-state index is -1.05. The van der Waals surface area contributed by atoms with E-state index in [-0.39, 0.29) is 10.4 Å². The maximum atomic E-state index is 10.5. The van der Waals surface area contributed by atoms with Gasteiger partial charge in [-0.2, -0.15) is 0 Å². The summed E-state index contributed by atoms with van der Waals surface area (Å²) in [4.78, 5) is 10.5. The van der Waals surface area contributed by atoms with E-state index in [0.717, 1.165) is 0 Å². The molecular formula is C9H13NO3S. The molecule has 0 saturated heterocycles. The first-order valence-electron chi connectivity index (χ1n) is 4.21. The van der Waals surface area contributed by atoms with E-state index in [0.29, 0.717) is 11.5 Å². The van der Waals surface area contributed by atoms with E-state index in [1.807, 2.05) is 0 Å². The Morgan fingerprint density at radius 2 is 2.29 bits per heavy atom. The third-order valence-corrected chi connectivity index (χ3v) is 2.72. The van der Waals surface area contributed by atoms with Gasteiger partial charge in [-0.1, -0.05) is 25.9 Å². The number of hydrogen-bond acceptors (Lipinski definition) is 4. The molecule has 0 spiro atoms. The van der Waals surface area contributed by atoms with Gasteiger partial charge < -0.3 is 9.63 Å². The molecule has 1 heterocycles. The molecule has 0 saturated carbocycles. The van der Waals surface area contributed by atoms with E-state index in [1.54, 1.807) is 11.8 Å². The minimum absolute atomic E-state index is 0.0329. The molecule has 0 atom stereocenters. The van der Waals surface area contributed by atoms with Crippen LogP contribution < -0.4 is 0 Å². The molecule has 5 heteroatoms. The van der Waals surface area contributed by atoms with Crippen LogP contribution >= 0.6 is 11.8 Å². The molecule has 1 aromatic rings. The second kappa shape index (κ2) is 4.04. The molecule has 0 bridgehead atoms. The molecule has 0 radical (unpaired) electrons. The summed E-state index contributed by atoms with van der Waals surface area (Å²) in [5.74, 6) is 0.187. The predicted molar refractivity (Wildman–Crippen MR) is 54.5 cm³/mol.